The molecule has 6 heteroatoms. The number of halogens is 2. The fraction of sp³-hybridized carbons (Fsp3) is 0.529. The Morgan fingerprint density at radius 3 is 2.22 bits per heavy atom. The van der Waals surface area contributed by atoms with E-state index in [4.69, 9.17) is 32.7 Å². The van der Waals surface area contributed by atoms with Crippen LogP contribution in [0.3, 0.4) is 0 Å². The van der Waals surface area contributed by atoms with Crippen molar-refractivity contribution in [3.05, 3.63) is 28.2 Å². The van der Waals surface area contributed by atoms with Gasteiger partial charge < -0.3 is 9.47 Å². The van der Waals surface area contributed by atoms with Gasteiger partial charge in [-0.25, -0.2) is 0 Å². The van der Waals surface area contributed by atoms with E-state index >= 15 is 0 Å². The topological polar surface area (TPSA) is 52.6 Å². The van der Waals surface area contributed by atoms with Crippen molar-refractivity contribution in [3.63, 3.8) is 0 Å². The highest BCUT2D eigenvalue weighted by molar-refractivity contribution is 6.34. The molecule has 1 aromatic rings. The molecular formula is C17H20Cl2O4. The quantitative estimate of drug-likeness (QED) is 0.541. The summed E-state index contributed by atoms with van der Waals surface area (Å²) in [7, 11) is 0. The first-order valence-electron chi connectivity index (χ1n) is 7.85. The predicted octanol–water partition coefficient (Wildman–Crippen LogP) is 4.80. The maximum Gasteiger partial charge on any atom is 0.311 e. The van der Waals surface area contributed by atoms with E-state index < -0.39 is 5.97 Å². The molecule has 0 heterocycles. The van der Waals surface area contributed by atoms with Crippen molar-refractivity contribution in [1.82, 2.24) is 0 Å². The summed E-state index contributed by atoms with van der Waals surface area (Å²) in [5.41, 5.74) is 0. The first-order chi connectivity index (χ1) is 11.0. The minimum Gasteiger partial charge on any atom is -0.465 e. The van der Waals surface area contributed by atoms with Crippen molar-refractivity contribution >= 4 is 35.1 Å². The van der Waals surface area contributed by atoms with Crippen LogP contribution >= 0.6 is 23.2 Å². The second-order valence-electron chi connectivity index (χ2n) is 5.77. The molecule has 0 radical (unpaired) electrons. The summed E-state index contributed by atoms with van der Waals surface area (Å²) in [6.45, 7) is 0.456. The third-order valence-corrected chi connectivity index (χ3v) is 4.24. The molecule has 0 bridgehead atoms. The van der Waals surface area contributed by atoms with Crippen LogP contribution in [0.1, 0.15) is 44.9 Å². The summed E-state index contributed by atoms with van der Waals surface area (Å²) in [5, 5.41) is 0.763. The van der Waals surface area contributed by atoms with Gasteiger partial charge in [-0.1, -0.05) is 42.5 Å². The molecule has 0 aromatic heterocycles. The first kappa shape index (κ1) is 18.1. The van der Waals surface area contributed by atoms with Crippen LogP contribution in [-0.2, 0) is 14.3 Å². The molecule has 0 amide bonds. The van der Waals surface area contributed by atoms with Crippen LogP contribution in [0.2, 0.25) is 10.0 Å². The standard InChI is InChI=1S/C17H20Cl2O4/c18-13-8-14(19)10-15(9-13)23-17(21)7-6-16(20)22-11-12-4-2-1-3-5-12/h8-10,12H,1-7,11H2. The zero-order valence-electron chi connectivity index (χ0n) is 12.9. The van der Waals surface area contributed by atoms with Crippen LogP contribution in [0.5, 0.6) is 5.75 Å². The second kappa shape index (κ2) is 9.14. The molecule has 0 spiro atoms. The minimum atomic E-state index is -0.516. The SMILES string of the molecule is O=C(CCC(=O)Oc1cc(Cl)cc(Cl)c1)OCC1CCCCC1. The number of carbonyl (C=O) groups excluding carboxylic acids is 2. The Hall–Kier alpha value is -1.26. The number of ether oxygens (including phenoxy) is 2. The predicted molar refractivity (Wildman–Crippen MR) is 88.9 cm³/mol. The van der Waals surface area contributed by atoms with Gasteiger partial charge in [0.25, 0.3) is 0 Å². The highest BCUT2D eigenvalue weighted by atomic mass is 35.5. The maximum absolute atomic E-state index is 11.7. The van der Waals surface area contributed by atoms with Gasteiger partial charge in [-0.2, -0.15) is 0 Å². The van der Waals surface area contributed by atoms with Crippen molar-refractivity contribution < 1.29 is 19.1 Å². The van der Waals surface area contributed by atoms with E-state index in [1.54, 1.807) is 6.07 Å². The number of hydrogen-bond donors (Lipinski definition) is 0. The van der Waals surface area contributed by atoms with E-state index in [-0.39, 0.29) is 24.6 Å². The Bertz CT molecular complexity index is 533. The average molecular weight is 359 g/mol. The molecule has 1 aliphatic rings. The van der Waals surface area contributed by atoms with Crippen molar-refractivity contribution in [3.8, 4) is 5.75 Å². The van der Waals surface area contributed by atoms with E-state index in [1.807, 2.05) is 0 Å². The summed E-state index contributed by atoms with van der Waals surface area (Å²) < 4.78 is 10.3. The largest absolute Gasteiger partial charge is 0.465 e. The summed E-state index contributed by atoms with van der Waals surface area (Å²) >= 11 is 11.7. The summed E-state index contributed by atoms with van der Waals surface area (Å²) in [6.07, 6.45) is 5.89. The highest BCUT2D eigenvalue weighted by Crippen LogP contribution is 2.25. The third-order valence-electron chi connectivity index (χ3n) is 3.81. The Balaban J connectivity index is 1.67. The fourth-order valence-corrected chi connectivity index (χ4v) is 3.12. The summed E-state index contributed by atoms with van der Waals surface area (Å²) in [4.78, 5) is 23.4. The number of esters is 2. The molecule has 1 saturated carbocycles. The van der Waals surface area contributed by atoms with E-state index in [0.29, 0.717) is 22.6 Å². The Morgan fingerprint density at radius 1 is 0.957 bits per heavy atom. The molecule has 2 rings (SSSR count). The van der Waals surface area contributed by atoms with Crippen molar-refractivity contribution in [2.45, 2.75) is 44.9 Å². The molecule has 0 N–H and O–H groups in total. The van der Waals surface area contributed by atoms with Crippen LogP contribution in [0.4, 0.5) is 0 Å². The molecule has 4 nitrogen and oxygen atoms in total. The lowest BCUT2D eigenvalue weighted by atomic mass is 9.90. The Kier molecular flexibility index (Phi) is 7.18. The number of benzene rings is 1. The lowest BCUT2D eigenvalue weighted by Gasteiger charge is -2.20. The zero-order chi connectivity index (χ0) is 16.7. The highest BCUT2D eigenvalue weighted by Gasteiger charge is 2.16. The molecule has 0 atom stereocenters. The van der Waals surface area contributed by atoms with Gasteiger partial charge in [-0.15, -0.1) is 0 Å². The van der Waals surface area contributed by atoms with Crippen LogP contribution < -0.4 is 4.74 Å². The van der Waals surface area contributed by atoms with Gasteiger partial charge in [0.2, 0.25) is 0 Å². The number of rotatable bonds is 6. The summed E-state index contributed by atoms with van der Waals surface area (Å²) in [5.74, 6) is -0.147. The van der Waals surface area contributed by atoms with Gasteiger partial charge in [0.05, 0.1) is 19.4 Å². The minimum absolute atomic E-state index is 0.0137. The molecule has 126 valence electrons. The average Bonchev–Trinajstić information content (AvgIpc) is 2.51. The van der Waals surface area contributed by atoms with Gasteiger partial charge in [-0.3, -0.25) is 9.59 Å². The van der Waals surface area contributed by atoms with Gasteiger partial charge in [0, 0.05) is 10.0 Å². The first-order valence-corrected chi connectivity index (χ1v) is 8.61. The number of carbonyl (C=O) groups is 2. The Labute approximate surface area is 146 Å². The fourth-order valence-electron chi connectivity index (χ4n) is 2.61. The van der Waals surface area contributed by atoms with Crippen LogP contribution in [0, 0.1) is 5.92 Å². The van der Waals surface area contributed by atoms with E-state index in [9.17, 15) is 9.59 Å². The van der Waals surface area contributed by atoms with E-state index in [2.05, 4.69) is 0 Å². The van der Waals surface area contributed by atoms with Gasteiger partial charge in [-0.05, 0) is 37.0 Å². The number of hydrogen-bond acceptors (Lipinski definition) is 4. The molecule has 0 saturated heterocycles. The molecular weight excluding hydrogens is 339 g/mol. The smallest absolute Gasteiger partial charge is 0.311 e. The van der Waals surface area contributed by atoms with Crippen molar-refractivity contribution in [2.24, 2.45) is 5.92 Å². The monoisotopic (exact) mass is 358 g/mol. The second-order valence-corrected chi connectivity index (χ2v) is 6.64. The maximum atomic E-state index is 11.7. The molecule has 0 unspecified atom stereocenters. The van der Waals surface area contributed by atoms with E-state index in [1.165, 1.54) is 31.4 Å². The van der Waals surface area contributed by atoms with Crippen LogP contribution in [0.25, 0.3) is 0 Å². The van der Waals surface area contributed by atoms with Gasteiger partial charge >= 0.3 is 11.9 Å². The molecule has 23 heavy (non-hydrogen) atoms. The third kappa shape index (κ3) is 6.80. The van der Waals surface area contributed by atoms with Crippen LogP contribution in [-0.4, -0.2) is 18.5 Å². The molecule has 1 fully saturated rings. The lowest BCUT2D eigenvalue weighted by molar-refractivity contribution is -0.148. The lowest BCUT2D eigenvalue weighted by Crippen LogP contribution is -2.18. The molecule has 1 aromatic carbocycles. The van der Waals surface area contributed by atoms with Gasteiger partial charge in [0.15, 0.2) is 0 Å². The van der Waals surface area contributed by atoms with Crippen molar-refractivity contribution in [2.75, 3.05) is 6.61 Å². The Morgan fingerprint density at radius 2 is 1.57 bits per heavy atom. The van der Waals surface area contributed by atoms with Gasteiger partial charge in [0.1, 0.15) is 5.75 Å². The van der Waals surface area contributed by atoms with E-state index in [0.717, 1.165) is 12.8 Å². The zero-order valence-corrected chi connectivity index (χ0v) is 14.4. The normalized spacial score (nSPS) is 15.2. The molecule has 1 aliphatic carbocycles. The summed E-state index contributed by atoms with van der Waals surface area (Å²) in [6, 6.07) is 4.53. The molecule has 0 aliphatic heterocycles. The van der Waals surface area contributed by atoms with Crippen molar-refractivity contribution in [1.29, 1.82) is 0 Å². The van der Waals surface area contributed by atoms with Crippen LogP contribution in [0.15, 0.2) is 18.2 Å².